The van der Waals surface area contributed by atoms with Crippen LogP contribution in [0.3, 0.4) is 0 Å². The third kappa shape index (κ3) is 4.19. The summed E-state index contributed by atoms with van der Waals surface area (Å²) in [6, 6.07) is -1.29. The Hall–Kier alpha value is -1.63. The van der Waals surface area contributed by atoms with Crippen molar-refractivity contribution in [3.63, 3.8) is 0 Å². The molecule has 2 amide bonds. The topological polar surface area (TPSA) is 136 Å². The van der Waals surface area contributed by atoms with Crippen molar-refractivity contribution in [2.24, 2.45) is 16.9 Å². The van der Waals surface area contributed by atoms with Crippen molar-refractivity contribution in [1.29, 1.82) is 0 Å². The fourth-order valence-corrected chi connectivity index (χ4v) is 2.64. The zero-order valence-electron chi connectivity index (χ0n) is 11.6. The van der Waals surface area contributed by atoms with Crippen LogP contribution in [0.5, 0.6) is 0 Å². The molecule has 1 saturated carbocycles. The van der Waals surface area contributed by atoms with Crippen LogP contribution in [0.1, 0.15) is 44.9 Å². The molecule has 20 heavy (non-hydrogen) atoms. The van der Waals surface area contributed by atoms with Crippen LogP contribution in [0.25, 0.3) is 0 Å². The summed E-state index contributed by atoms with van der Waals surface area (Å²) < 4.78 is 0. The first-order valence-electron chi connectivity index (χ1n) is 6.93. The molecule has 1 fully saturated rings. The highest BCUT2D eigenvalue weighted by Crippen LogP contribution is 2.34. The maximum absolute atomic E-state index is 12.4. The number of hydrogen-bond acceptors (Lipinski definition) is 4. The lowest BCUT2D eigenvalue weighted by Crippen LogP contribution is -2.52. The minimum Gasteiger partial charge on any atom is -0.480 e. The Labute approximate surface area is 118 Å². The molecular formula is C13H23N3O4. The molecule has 114 valence electrons. The Morgan fingerprint density at radius 1 is 1.15 bits per heavy atom. The molecule has 0 spiro atoms. The molecule has 0 heterocycles. The fraction of sp³-hybridized carbons (Fsp3) is 0.769. The maximum Gasteiger partial charge on any atom is 0.326 e. The lowest BCUT2D eigenvalue weighted by atomic mass is 9.79. The third-order valence-corrected chi connectivity index (χ3v) is 3.94. The summed E-state index contributed by atoms with van der Waals surface area (Å²) in [4.78, 5) is 34.3. The summed E-state index contributed by atoms with van der Waals surface area (Å²) >= 11 is 0. The number of aliphatic carboxylic acids is 1. The van der Waals surface area contributed by atoms with Gasteiger partial charge < -0.3 is 21.9 Å². The Balaban J connectivity index is 2.78. The first-order chi connectivity index (χ1) is 9.41. The molecule has 0 saturated heterocycles. The average molecular weight is 285 g/mol. The molecule has 0 aromatic rings. The highest BCUT2D eigenvalue weighted by molar-refractivity contribution is 5.90. The molecular weight excluding hydrogens is 262 g/mol. The van der Waals surface area contributed by atoms with Gasteiger partial charge in [-0.2, -0.15) is 0 Å². The van der Waals surface area contributed by atoms with Gasteiger partial charge in [0.2, 0.25) is 11.8 Å². The van der Waals surface area contributed by atoms with Crippen LogP contribution in [0.15, 0.2) is 0 Å². The van der Waals surface area contributed by atoms with Gasteiger partial charge in [0.15, 0.2) is 0 Å². The number of carbonyl (C=O) groups excluding carboxylic acids is 2. The van der Waals surface area contributed by atoms with E-state index in [9.17, 15) is 14.4 Å². The van der Waals surface area contributed by atoms with Crippen molar-refractivity contribution in [2.45, 2.75) is 51.0 Å². The predicted molar refractivity (Wildman–Crippen MR) is 72.6 cm³/mol. The molecule has 0 radical (unpaired) electrons. The molecule has 1 rings (SSSR count). The van der Waals surface area contributed by atoms with Crippen molar-refractivity contribution < 1.29 is 19.5 Å². The van der Waals surface area contributed by atoms with E-state index in [0.717, 1.165) is 25.7 Å². The second-order valence-corrected chi connectivity index (χ2v) is 5.43. The molecule has 6 N–H and O–H groups in total. The summed E-state index contributed by atoms with van der Waals surface area (Å²) in [7, 11) is 0. The van der Waals surface area contributed by atoms with Crippen LogP contribution in [-0.2, 0) is 14.4 Å². The van der Waals surface area contributed by atoms with Gasteiger partial charge in [0.1, 0.15) is 6.04 Å². The maximum atomic E-state index is 12.4. The first kappa shape index (κ1) is 16.4. The Bertz CT molecular complexity index is 376. The number of nitrogens with one attached hydrogen (secondary N) is 1. The number of carboxylic acid groups (broad SMARTS) is 1. The number of rotatable bonds is 6. The number of carbonyl (C=O) groups is 3. The molecule has 1 atom stereocenters. The lowest BCUT2D eigenvalue weighted by Gasteiger charge is -2.31. The zero-order chi connectivity index (χ0) is 15.2. The molecule has 0 bridgehead atoms. The van der Waals surface area contributed by atoms with E-state index in [1.165, 1.54) is 0 Å². The SMILES string of the molecule is NCC1(C(=O)N[C@H](CC(N)=O)C(=O)O)CCCCCC1. The summed E-state index contributed by atoms with van der Waals surface area (Å²) in [5.41, 5.74) is 10.0. The van der Waals surface area contributed by atoms with E-state index < -0.39 is 29.8 Å². The predicted octanol–water partition coefficient (Wildman–Crippen LogP) is -0.269. The summed E-state index contributed by atoms with van der Waals surface area (Å²) in [5.74, 6) is -2.41. The molecule has 0 aliphatic heterocycles. The van der Waals surface area contributed by atoms with Gasteiger partial charge in [-0.3, -0.25) is 9.59 Å². The number of amides is 2. The van der Waals surface area contributed by atoms with Crippen molar-refractivity contribution in [1.82, 2.24) is 5.32 Å². The van der Waals surface area contributed by atoms with Gasteiger partial charge in [-0.1, -0.05) is 25.7 Å². The van der Waals surface area contributed by atoms with Crippen LogP contribution >= 0.6 is 0 Å². The van der Waals surface area contributed by atoms with E-state index in [4.69, 9.17) is 16.6 Å². The minimum absolute atomic E-state index is 0.182. The van der Waals surface area contributed by atoms with Gasteiger partial charge in [0.05, 0.1) is 11.8 Å². The van der Waals surface area contributed by atoms with Crippen LogP contribution in [-0.4, -0.2) is 35.5 Å². The molecule has 7 heteroatoms. The van der Waals surface area contributed by atoms with Crippen molar-refractivity contribution >= 4 is 17.8 Å². The Kier molecular flexibility index (Phi) is 5.94. The van der Waals surface area contributed by atoms with Crippen molar-refractivity contribution in [2.75, 3.05) is 6.54 Å². The van der Waals surface area contributed by atoms with E-state index in [2.05, 4.69) is 5.32 Å². The fourth-order valence-electron chi connectivity index (χ4n) is 2.64. The molecule has 0 aromatic carbocycles. The highest BCUT2D eigenvalue weighted by Gasteiger charge is 2.39. The second-order valence-electron chi connectivity index (χ2n) is 5.43. The Morgan fingerprint density at radius 3 is 2.10 bits per heavy atom. The van der Waals surface area contributed by atoms with E-state index in [0.29, 0.717) is 12.8 Å². The number of carboxylic acids is 1. The number of hydrogen-bond donors (Lipinski definition) is 4. The quantitative estimate of drug-likeness (QED) is 0.498. The van der Waals surface area contributed by atoms with Crippen LogP contribution < -0.4 is 16.8 Å². The third-order valence-electron chi connectivity index (χ3n) is 3.94. The zero-order valence-corrected chi connectivity index (χ0v) is 11.6. The largest absolute Gasteiger partial charge is 0.480 e. The van der Waals surface area contributed by atoms with Crippen LogP contribution in [0.4, 0.5) is 0 Å². The van der Waals surface area contributed by atoms with Crippen molar-refractivity contribution in [3.8, 4) is 0 Å². The highest BCUT2D eigenvalue weighted by atomic mass is 16.4. The Morgan fingerprint density at radius 2 is 1.70 bits per heavy atom. The van der Waals surface area contributed by atoms with Gasteiger partial charge in [0, 0.05) is 6.54 Å². The first-order valence-corrected chi connectivity index (χ1v) is 6.93. The number of primary amides is 1. The van der Waals surface area contributed by atoms with E-state index >= 15 is 0 Å². The van der Waals surface area contributed by atoms with Crippen LogP contribution in [0.2, 0.25) is 0 Å². The molecule has 0 aromatic heterocycles. The van der Waals surface area contributed by atoms with Gasteiger partial charge >= 0.3 is 5.97 Å². The van der Waals surface area contributed by atoms with E-state index in [1.54, 1.807) is 0 Å². The van der Waals surface area contributed by atoms with E-state index in [-0.39, 0.29) is 12.5 Å². The van der Waals surface area contributed by atoms with Gasteiger partial charge in [-0.15, -0.1) is 0 Å². The second kappa shape index (κ2) is 7.23. The molecule has 7 nitrogen and oxygen atoms in total. The lowest BCUT2D eigenvalue weighted by molar-refractivity contribution is -0.145. The molecule has 0 unspecified atom stereocenters. The standard InChI is InChI=1S/C13H23N3O4/c14-8-13(5-3-1-2-4-6-13)12(20)16-9(11(18)19)7-10(15)17/h9H,1-8,14H2,(H2,15,17)(H,16,20)(H,18,19)/t9-/m1/s1. The summed E-state index contributed by atoms with van der Waals surface area (Å²) in [6.07, 6.45) is 4.80. The van der Waals surface area contributed by atoms with Gasteiger partial charge in [-0.25, -0.2) is 4.79 Å². The van der Waals surface area contributed by atoms with Crippen LogP contribution in [0, 0.1) is 5.41 Å². The molecule has 1 aliphatic rings. The smallest absolute Gasteiger partial charge is 0.326 e. The minimum atomic E-state index is -1.29. The van der Waals surface area contributed by atoms with E-state index in [1.807, 2.05) is 0 Å². The van der Waals surface area contributed by atoms with Gasteiger partial charge in [-0.05, 0) is 12.8 Å². The molecule has 1 aliphatic carbocycles. The monoisotopic (exact) mass is 285 g/mol. The number of nitrogens with two attached hydrogens (primary N) is 2. The normalized spacial score (nSPS) is 19.6. The van der Waals surface area contributed by atoms with Crippen molar-refractivity contribution in [3.05, 3.63) is 0 Å². The van der Waals surface area contributed by atoms with Gasteiger partial charge in [0.25, 0.3) is 0 Å². The summed E-state index contributed by atoms with van der Waals surface area (Å²) in [5, 5.41) is 11.4. The average Bonchev–Trinajstić information content (AvgIpc) is 2.63. The summed E-state index contributed by atoms with van der Waals surface area (Å²) in [6.45, 7) is 0.182.